The highest BCUT2D eigenvalue weighted by atomic mass is 32.2. The van der Waals surface area contributed by atoms with Crippen molar-refractivity contribution in [2.75, 3.05) is 10.5 Å². The Hall–Kier alpha value is -1.19. The van der Waals surface area contributed by atoms with Crippen LogP contribution < -0.4 is 4.72 Å². The molecule has 9 heteroatoms. The Morgan fingerprint density at radius 1 is 1.40 bits per heavy atom. The molecule has 1 aromatic carbocycles. The predicted octanol–water partition coefficient (Wildman–Crippen LogP) is 2.90. The van der Waals surface area contributed by atoms with Crippen LogP contribution in [0.4, 0.5) is 9.52 Å². The highest BCUT2D eigenvalue weighted by Gasteiger charge is 2.17. The zero-order chi connectivity index (χ0) is 14.8. The van der Waals surface area contributed by atoms with Crippen LogP contribution in [-0.2, 0) is 10.0 Å². The summed E-state index contributed by atoms with van der Waals surface area (Å²) in [4.78, 5) is -0.00343. The summed E-state index contributed by atoms with van der Waals surface area (Å²) in [5.74, 6) is 0.389. The second kappa shape index (κ2) is 6.06. The van der Waals surface area contributed by atoms with Gasteiger partial charge in [-0.3, -0.25) is 4.72 Å². The average Bonchev–Trinajstić information content (AvgIpc) is 2.79. The zero-order valence-corrected chi connectivity index (χ0v) is 13.2. The van der Waals surface area contributed by atoms with E-state index in [4.69, 9.17) is 0 Å². The van der Waals surface area contributed by atoms with Crippen LogP contribution in [0.15, 0.2) is 27.4 Å². The first-order valence-electron chi connectivity index (χ1n) is 5.67. The lowest BCUT2D eigenvalue weighted by Crippen LogP contribution is -2.13. The average molecular weight is 333 g/mol. The summed E-state index contributed by atoms with van der Waals surface area (Å²) in [6.45, 7) is 3.48. The van der Waals surface area contributed by atoms with Crippen molar-refractivity contribution in [1.29, 1.82) is 0 Å². The van der Waals surface area contributed by atoms with Gasteiger partial charge in [-0.2, -0.15) is 0 Å². The molecule has 0 aliphatic rings. The molecule has 5 nitrogen and oxygen atoms in total. The summed E-state index contributed by atoms with van der Waals surface area (Å²) in [7, 11) is -3.77. The van der Waals surface area contributed by atoms with Gasteiger partial charge in [0.05, 0.1) is 4.90 Å². The summed E-state index contributed by atoms with van der Waals surface area (Å²) in [5, 5.41) is 7.83. The van der Waals surface area contributed by atoms with E-state index >= 15 is 0 Å². The van der Waals surface area contributed by atoms with Crippen LogP contribution in [0.3, 0.4) is 0 Å². The molecule has 0 bridgehead atoms. The number of aromatic nitrogens is 2. The van der Waals surface area contributed by atoms with Crippen LogP contribution in [0.5, 0.6) is 0 Å². The molecule has 0 aliphatic carbocycles. The number of thioether (sulfide) groups is 1. The third kappa shape index (κ3) is 3.47. The molecule has 0 aliphatic heterocycles. The molecule has 0 fully saturated rings. The Balaban J connectivity index is 2.23. The third-order valence-electron chi connectivity index (χ3n) is 2.34. The fourth-order valence-electron chi connectivity index (χ4n) is 1.39. The van der Waals surface area contributed by atoms with Crippen molar-refractivity contribution in [2.24, 2.45) is 0 Å². The van der Waals surface area contributed by atoms with Gasteiger partial charge in [0.25, 0.3) is 10.0 Å². The lowest BCUT2D eigenvalue weighted by atomic mass is 10.2. The molecule has 0 unspecified atom stereocenters. The number of nitrogens with zero attached hydrogens (tertiary/aromatic N) is 2. The number of sulfonamides is 1. The number of halogens is 1. The van der Waals surface area contributed by atoms with E-state index in [0.717, 1.165) is 23.2 Å². The number of benzene rings is 1. The van der Waals surface area contributed by atoms with E-state index in [-0.39, 0.29) is 15.6 Å². The normalized spacial score (nSPS) is 11.6. The first kappa shape index (κ1) is 15.2. The number of anilines is 1. The fourth-order valence-corrected chi connectivity index (χ4v) is 4.35. The maximum atomic E-state index is 13.2. The molecule has 1 aromatic heterocycles. The monoisotopic (exact) mass is 333 g/mol. The van der Waals surface area contributed by atoms with Gasteiger partial charge in [0, 0.05) is 0 Å². The number of rotatable bonds is 5. The van der Waals surface area contributed by atoms with E-state index in [2.05, 4.69) is 14.9 Å². The topological polar surface area (TPSA) is 72.0 Å². The molecule has 0 saturated heterocycles. The minimum absolute atomic E-state index is 0.00343. The predicted molar refractivity (Wildman–Crippen MR) is 78.3 cm³/mol. The van der Waals surface area contributed by atoms with E-state index in [1.165, 1.54) is 30.8 Å². The summed E-state index contributed by atoms with van der Waals surface area (Å²) in [5.41, 5.74) is 0.271. The van der Waals surface area contributed by atoms with E-state index in [0.29, 0.717) is 4.34 Å². The van der Waals surface area contributed by atoms with Gasteiger partial charge in [-0.15, -0.1) is 10.2 Å². The second-order valence-electron chi connectivity index (χ2n) is 3.82. The Kier molecular flexibility index (Phi) is 4.61. The maximum absolute atomic E-state index is 13.2. The quantitative estimate of drug-likeness (QED) is 0.852. The van der Waals surface area contributed by atoms with Crippen LogP contribution >= 0.6 is 23.1 Å². The molecule has 108 valence electrons. The molecule has 0 saturated carbocycles. The number of nitrogens with one attached hydrogen (secondary N) is 1. The fraction of sp³-hybridized carbons (Fsp3) is 0.273. The van der Waals surface area contributed by atoms with E-state index in [1.54, 1.807) is 0 Å². The van der Waals surface area contributed by atoms with Gasteiger partial charge in [0.15, 0.2) is 4.34 Å². The van der Waals surface area contributed by atoms with E-state index in [1.807, 2.05) is 6.92 Å². The van der Waals surface area contributed by atoms with Crippen molar-refractivity contribution in [1.82, 2.24) is 10.2 Å². The van der Waals surface area contributed by atoms with Crippen LogP contribution in [0, 0.1) is 12.7 Å². The SMILES string of the molecule is CCSc1nnc(NS(=O)(=O)c2ccc(F)c(C)c2)s1. The van der Waals surface area contributed by atoms with Crippen LogP contribution in [0.1, 0.15) is 12.5 Å². The number of hydrogen-bond donors (Lipinski definition) is 1. The van der Waals surface area contributed by atoms with Gasteiger partial charge in [-0.1, -0.05) is 30.0 Å². The third-order valence-corrected chi connectivity index (χ3v) is 5.66. The van der Waals surface area contributed by atoms with Crippen molar-refractivity contribution in [3.63, 3.8) is 0 Å². The largest absolute Gasteiger partial charge is 0.263 e. The van der Waals surface area contributed by atoms with Crippen LogP contribution in [-0.4, -0.2) is 24.4 Å². The Morgan fingerprint density at radius 2 is 2.15 bits per heavy atom. The van der Waals surface area contributed by atoms with Crippen molar-refractivity contribution < 1.29 is 12.8 Å². The minimum Gasteiger partial charge on any atom is -0.253 e. The van der Waals surface area contributed by atoms with Crippen LogP contribution in [0.2, 0.25) is 0 Å². The molecular weight excluding hydrogens is 321 g/mol. The molecule has 1 N–H and O–H groups in total. The first-order chi connectivity index (χ1) is 9.42. The first-order valence-corrected chi connectivity index (χ1v) is 8.96. The lowest BCUT2D eigenvalue weighted by Gasteiger charge is -2.05. The van der Waals surface area contributed by atoms with E-state index in [9.17, 15) is 12.8 Å². The van der Waals surface area contributed by atoms with Gasteiger partial charge >= 0.3 is 0 Å². The molecule has 0 radical (unpaired) electrons. The van der Waals surface area contributed by atoms with Crippen molar-refractivity contribution in [3.05, 3.63) is 29.6 Å². The molecule has 1 heterocycles. The molecule has 0 amide bonds. The lowest BCUT2D eigenvalue weighted by molar-refractivity contribution is 0.598. The van der Waals surface area contributed by atoms with Gasteiger partial charge in [0.1, 0.15) is 5.82 Å². The smallest absolute Gasteiger partial charge is 0.253 e. The van der Waals surface area contributed by atoms with Crippen molar-refractivity contribution >= 4 is 38.3 Å². The summed E-state index contributed by atoms with van der Waals surface area (Å²) in [6.07, 6.45) is 0. The highest BCUT2D eigenvalue weighted by Crippen LogP contribution is 2.27. The molecule has 0 atom stereocenters. The molecule has 0 spiro atoms. The Bertz CT molecular complexity index is 715. The minimum atomic E-state index is -3.77. The summed E-state index contributed by atoms with van der Waals surface area (Å²) in [6, 6.07) is 3.62. The maximum Gasteiger partial charge on any atom is 0.263 e. The molecular formula is C11H12FN3O2S3. The molecule has 2 rings (SSSR count). The number of aryl methyl sites for hydroxylation is 1. The summed E-state index contributed by atoms with van der Waals surface area (Å²) < 4.78 is 40.5. The summed E-state index contributed by atoms with van der Waals surface area (Å²) >= 11 is 2.65. The van der Waals surface area contributed by atoms with Gasteiger partial charge in [-0.25, -0.2) is 12.8 Å². The Labute approximate surface area is 124 Å². The van der Waals surface area contributed by atoms with Crippen molar-refractivity contribution in [2.45, 2.75) is 23.1 Å². The van der Waals surface area contributed by atoms with Gasteiger partial charge in [-0.05, 0) is 36.4 Å². The van der Waals surface area contributed by atoms with E-state index < -0.39 is 15.8 Å². The highest BCUT2D eigenvalue weighted by molar-refractivity contribution is 8.01. The van der Waals surface area contributed by atoms with Crippen LogP contribution in [0.25, 0.3) is 0 Å². The van der Waals surface area contributed by atoms with Crippen molar-refractivity contribution in [3.8, 4) is 0 Å². The molecule has 20 heavy (non-hydrogen) atoms. The zero-order valence-electron chi connectivity index (χ0n) is 10.8. The van der Waals surface area contributed by atoms with Gasteiger partial charge < -0.3 is 0 Å². The molecule has 2 aromatic rings. The number of hydrogen-bond acceptors (Lipinski definition) is 6. The second-order valence-corrected chi connectivity index (χ2v) is 7.99. The van der Waals surface area contributed by atoms with Gasteiger partial charge in [0.2, 0.25) is 5.13 Å². The Morgan fingerprint density at radius 3 is 2.80 bits per heavy atom. The standard InChI is InChI=1S/C11H12FN3O2S3/c1-3-18-11-14-13-10(19-11)15-20(16,17)8-4-5-9(12)7(2)6-8/h4-6H,3H2,1-2H3,(H,13,15).